The zero-order valence-electron chi connectivity index (χ0n) is 12.1. The van der Waals surface area contributed by atoms with Crippen LogP contribution < -0.4 is 10.2 Å². The fourth-order valence-electron chi connectivity index (χ4n) is 2.85. The van der Waals surface area contributed by atoms with Crippen LogP contribution >= 0.6 is 0 Å². The van der Waals surface area contributed by atoms with E-state index in [4.69, 9.17) is 5.11 Å². The molecule has 1 saturated carbocycles. The largest absolute Gasteiger partial charge is 0.478 e. The number of benzene rings is 1. The van der Waals surface area contributed by atoms with Crippen molar-refractivity contribution in [2.75, 3.05) is 11.4 Å². The predicted octanol–water partition coefficient (Wildman–Crippen LogP) is 1.80. The first-order valence-corrected chi connectivity index (χ1v) is 7.49. The van der Waals surface area contributed by atoms with E-state index < -0.39 is 5.97 Å². The number of carboxylic acid groups (broad SMARTS) is 1. The van der Waals surface area contributed by atoms with Crippen LogP contribution in [0.25, 0.3) is 0 Å². The van der Waals surface area contributed by atoms with Gasteiger partial charge in [0.15, 0.2) is 0 Å². The van der Waals surface area contributed by atoms with Crippen molar-refractivity contribution in [3.8, 4) is 0 Å². The molecule has 0 radical (unpaired) electrons. The molecule has 2 aliphatic rings. The highest BCUT2D eigenvalue weighted by atomic mass is 16.4. The molecule has 1 aromatic rings. The van der Waals surface area contributed by atoms with Crippen molar-refractivity contribution in [3.05, 3.63) is 29.3 Å². The number of amides is 1. The molecule has 1 fully saturated rings. The summed E-state index contributed by atoms with van der Waals surface area (Å²) in [5.74, 6) is -0.845. The van der Waals surface area contributed by atoms with E-state index >= 15 is 0 Å². The number of rotatable bonds is 4. The van der Waals surface area contributed by atoms with E-state index in [2.05, 4.69) is 10.2 Å². The Bertz CT molecular complexity index is 581. The van der Waals surface area contributed by atoms with Crippen LogP contribution in [-0.4, -0.2) is 35.6 Å². The summed E-state index contributed by atoms with van der Waals surface area (Å²) in [7, 11) is 0. The van der Waals surface area contributed by atoms with Crippen LogP contribution in [0.1, 0.15) is 42.1 Å². The molecule has 5 heteroatoms. The third-order valence-electron chi connectivity index (χ3n) is 4.25. The minimum atomic E-state index is -0.908. The predicted molar refractivity (Wildman–Crippen MR) is 79.7 cm³/mol. The van der Waals surface area contributed by atoms with E-state index in [0.29, 0.717) is 11.6 Å². The molecule has 2 N–H and O–H groups in total. The molecule has 21 heavy (non-hydrogen) atoms. The van der Waals surface area contributed by atoms with E-state index in [1.165, 1.54) is 0 Å². The van der Waals surface area contributed by atoms with Crippen molar-refractivity contribution < 1.29 is 14.7 Å². The van der Waals surface area contributed by atoms with Crippen LogP contribution in [0.15, 0.2) is 18.2 Å². The average molecular weight is 288 g/mol. The van der Waals surface area contributed by atoms with E-state index in [1.807, 2.05) is 13.0 Å². The molecule has 1 aromatic carbocycles. The van der Waals surface area contributed by atoms with Gasteiger partial charge in [-0.1, -0.05) is 0 Å². The van der Waals surface area contributed by atoms with Crippen LogP contribution in [0.4, 0.5) is 5.69 Å². The summed E-state index contributed by atoms with van der Waals surface area (Å²) in [5.41, 5.74) is 2.32. The minimum absolute atomic E-state index is 0.0626. The fourth-order valence-corrected chi connectivity index (χ4v) is 2.85. The summed E-state index contributed by atoms with van der Waals surface area (Å²) in [6.45, 7) is 2.75. The summed E-state index contributed by atoms with van der Waals surface area (Å²) in [6, 6.07) is 5.32. The van der Waals surface area contributed by atoms with Crippen LogP contribution in [0.5, 0.6) is 0 Å². The Kier molecular flexibility index (Phi) is 3.57. The Morgan fingerprint density at radius 3 is 2.81 bits per heavy atom. The van der Waals surface area contributed by atoms with Gasteiger partial charge in [-0.3, -0.25) is 4.79 Å². The lowest BCUT2D eigenvalue weighted by Gasteiger charge is -2.35. The molecular weight excluding hydrogens is 268 g/mol. The average Bonchev–Trinajstić information content (AvgIpc) is 3.29. The molecule has 1 atom stereocenters. The van der Waals surface area contributed by atoms with Crippen LogP contribution in [0.2, 0.25) is 0 Å². The number of nitrogens with one attached hydrogen (secondary N) is 1. The topological polar surface area (TPSA) is 69.6 Å². The number of aromatic carboxylic acids is 1. The molecule has 1 aliphatic carbocycles. The first-order valence-electron chi connectivity index (χ1n) is 7.49. The molecule has 1 heterocycles. The fraction of sp³-hybridized carbons (Fsp3) is 0.500. The van der Waals surface area contributed by atoms with Gasteiger partial charge in [-0.2, -0.15) is 0 Å². The lowest BCUT2D eigenvalue weighted by molar-refractivity contribution is -0.122. The maximum absolute atomic E-state index is 12.2. The van der Waals surface area contributed by atoms with E-state index in [1.54, 1.807) is 12.1 Å². The van der Waals surface area contributed by atoms with E-state index in [-0.39, 0.29) is 11.9 Å². The Balaban J connectivity index is 1.82. The summed E-state index contributed by atoms with van der Waals surface area (Å²) in [4.78, 5) is 25.4. The zero-order valence-corrected chi connectivity index (χ0v) is 12.1. The quantitative estimate of drug-likeness (QED) is 0.886. The van der Waals surface area contributed by atoms with Crippen molar-refractivity contribution >= 4 is 17.6 Å². The van der Waals surface area contributed by atoms with Gasteiger partial charge in [-0.05, 0) is 56.4 Å². The Labute approximate surface area is 123 Å². The van der Waals surface area contributed by atoms with Gasteiger partial charge in [0.25, 0.3) is 0 Å². The van der Waals surface area contributed by atoms with Crippen LogP contribution in [0, 0.1) is 0 Å². The van der Waals surface area contributed by atoms with Crippen LogP contribution in [0.3, 0.4) is 0 Å². The standard InChI is InChI=1S/C16H20N2O3/c1-10(15(19)17-13-5-6-13)18-8-2-3-11-9-12(16(20)21)4-7-14(11)18/h4,7,9-10,13H,2-3,5-6,8H2,1H3,(H,17,19)(H,20,21). The maximum atomic E-state index is 12.2. The number of aryl methyl sites for hydroxylation is 1. The van der Waals surface area contributed by atoms with Crippen molar-refractivity contribution in [1.29, 1.82) is 0 Å². The summed E-state index contributed by atoms with van der Waals surface area (Å²) < 4.78 is 0. The number of fused-ring (bicyclic) bond motifs is 1. The maximum Gasteiger partial charge on any atom is 0.335 e. The van der Waals surface area contributed by atoms with Crippen molar-refractivity contribution in [3.63, 3.8) is 0 Å². The molecule has 0 spiro atoms. The van der Waals surface area contributed by atoms with Gasteiger partial charge in [0.1, 0.15) is 6.04 Å². The highest BCUT2D eigenvalue weighted by Crippen LogP contribution is 2.30. The zero-order chi connectivity index (χ0) is 15.0. The normalized spacial score (nSPS) is 18.8. The smallest absolute Gasteiger partial charge is 0.335 e. The number of nitrogens with zero attached hydrogens (tertiary/aromatic N) is 1. The Morgan fingerprint density at radius 2 is 2.14 bits per heavy atom. The molecule has 112 valence electrons. The first-order chi connectivity index (χ1) is 10.1. The Morgan fingerprint density at radius 1 is 1.38 bits per heavy atom. The highest BCUT2D eigenvalue weighted by Gasteiger charge is 2.30. The lowest BCUT2D eigenvalue weighted by atomic mass is 9.97. The van der Waals surface area contributed by atoms with Gasteiger partial charge in [0.2, 0.25) is 5.91 Å². The van der Waals surface area contributed by atoms with Gasteiger partial charge in [0, 0.05) is 18.3 Å². The number of anilines is 1. The van der Waals surface area contributed by atoms with E-state index in [0.717, 1.165) is 43.5 Å². The van der Waals surface area contributed by atoms with Gasteiger partial charge in [0.05, 0.1) is 5.56 Å². The van der Waals surface area contributed by atoms with Gasteiger partial charge in [-0.25, -0.2) is 4.79 Å². The molecule has 3 rings (SSSR count). The molecular formula is C16H20N2O3. The molecule has 0 aromatic heterocycles. The van der Waals surface area contributed by atoms with Crippen molar-refractivity contribution in [1.82, 2.24) is 5.32 Å². The third kappa shape index (κ3) is 2.86. The van der Waals surface area contributed by atoms with E-state index in [9.17, 15) is 9.59 Å². The Hall–Kier alpha value is -2.04. The first kappa shape index (κ1) is 13.9. The van der Waals surface area contributed by atoms with Gasteiger partial charge in [-0.15, -0.1) is 0 Å². The molecule has 0 bridgehead atoms. The van der Waals surface area contributed by atoms with Crippen LogP contribution in [-0.2, 0) is 11.2 Å². The third-order valence-corrected chi connectivity index (χ3v) is 4.25. The molecule has 5 nitrogen and oxygen atoms in total. The van der Waals surface area contributed by atoms with Crippen molar-refractivity contribution in [2.24, 2.45) is 0 Å². The monoisotopic (exact) mass is 288 g/mol. The number of hydrogen-bond acceptors (Lipinski definition) is 3. The number of carbonyl (C=O) groups excluding carboxylic acids is 1. The van der Waals surface area contributed by atoms with Gasteiger partial charge >= 0.3 is 5.97 Å². The minimum Gasteiger partial charge on any atom is -0.478 e. The van der Waals surface area contributed by atoms with Crippen molar-refractivity contribution in [2.45, 2.75) is 44.7 Å². The summed E-state index contributed by atoms with van der Waals surface area (Å²) >= 11 is 0. The molecule has 1 unspecified atom stereocenters. The highest BCUT2D eigenvalue weighted by molar-refractivity contribution is 5.89. The summed E-state index contributed by atoms with van der Waals surface area (Å²) in [6.07, 6.45) is 3.97. The lowest BCUT2D eigenvalue weighted by Crippen LogP contribution is -2.47. The SMILES string of the molecule is CC(C(=O)NC1CC1)N1CCCc2cc(C(=O)O)ccc21. The second-order valence-corrected chi connectivity index (χ2v) is 5.90. The number of hydrogen-bond donors (Lipinski definition) is 2. The number of carbonyl (C=O) groups is 2. The second kappa shape index (κ2) is 5.39. The molecule has 0 saturated heterocycles. The number of carboxylic acids is 1. The molecule has 1 amide bonds. The second-order valence-electron chi connectivity index (χ2n) is 5.90. The summed E-state index contributed by atoms with van der Waals surface area (Å²) in [5, 5.41) is 12.1. The van der Waals surface area contributed by atoms with Gasteiger partial charge < -0.3 is 15.3 Å². The molecule has 1 aliphatic heterocycles.